The Balaban J connectivity index is 1.31. The number of thiazole rings is 1. The van der Waals surface area contributed by atoms with Gasteiger partial charge in [-0.15, -0.1) is 23.1 Å². The summed E-state index contributed by atoms with van der Waals surface area (Å²) in [6.07, 6.45) is 2.00. The second kappa shape index (κ2) is 10.4. The number of rotatable bonds is 7. The highest BCUT2D eigenvalue weighted by Crippen LogP contribution is 2.41. The SMILES string of the molecule is Nc1ccc(CN2CC/C(=C\C3=C(C(=O)O)N4C(=O)[C@@H](NC(=O)/C(=N\O)c5csc(N)n5)[C@H]4SC3)C2=O)cc1. The number of aliphatic carboxylic acids is 1. The average molecular weight is 570 g/mol. The fourth-order valence-corrected chi connectivity index (χ4v) is 6.43. The number of likely N-dealkylation sites (tertiary alicyclic amines) is 1. The van der Waals surface area contributed by atoms with Crippen molar-refractivity contribution in [2.24, 2.45) is 5.16 Å². The zero-order valence-corrected chi connectivity index (χ0v) is 21.9. The maximum Gasteiger partial charge on any atom is 0.352 e. The van der Waals surface area contributed by atoms with E-state index in [1.807, 2.05) is 12.1 Å². The molecule has 0 spiro atoms. The Morgan fingerprint density at radius 3 is 2.62 bits per heavy atom. The Kier molecular flexibility index (Phi) is 7.01. The average Bonchev–Trinajstić information content (AvgIpc) is 3.49. The quantitative estimate of drug-likeness (QED) is 0.0783. The maximum absolute atomic E-state index is 13.0. The van der Waals surface area contributed by atoms with Gasteiger partial charge in [-0.2, -0.15) is 0 Å². The third-order valence-electron chi connectivity index (χ3n) is 6.48. The molecule has 13 nitrogen and oxygen atoms in total. The summed E-state index contributed by atoms with van der Waals surface area (Å²) in [5.74, 6) is -2.79. The molecule has 7 N–H and O–H groups in total. The first-order chi connectivity index (χ1) is 18.7. The third kappa shape index (κ3) is 4.93. The third-order valence-corrected chi connectivity index (χ3v) is 8.46. The summed E-state index contributed by atoms with van der Waals surface area (Å²) >= 11 is 2.30. The van der Waals surface area contributed by atoms with Crippen LogP contribution < -0.4 is 16.8 Å². The molecule has 4 heterocycles. The predicted molar refractivity (Wildman–Crippen MR) is 144 cm³/mol. The van der Waals surface area contributed by atoms with Gasteiger partial charge >= 0.3 is 5.97 Å². The van der Waals surface area contributed by atoms with Gasteiger partial charge in [-0.3, -0.25) is 19.3 Å². The van der Waals surface area contributed by atoms with Crippen molar-refractivity contribution in [2.75, 3.05) is 23.8 Å². The predicted octanol–water partition coefficient (Wildman–Crippen LogP) is 0.583. The second-order valence-electron chi connectivity index (χ2n) is 8.95. The van der Waals surface area contributed by atoms with Gasteiger partial charge in [0.2, 0.25) is 5.91 Å². The highest BCUT2D eigenvalue weighted by Gasteiger charge is 2.54. The molecule has 3 aliphatic heterocycles. The van der Waals surface area contributed by atoms with Crippen molar-refractivity contribution in [3.05, 3.63) is 63.8 Å². The number of anilines is 2. The number of aromatic nitrogens is 1. The van der Waals surface area contributed by atoms with Crippen LogP contribution in [-0.4, -0.2) is 78.2 Å². The summed E-state index contributed by atoms with van der Waals surface area (Å²) in [5.41, 5.74) is 13.0. The Hall–Kier alpha value is -4.37. The van der Waals surface area contributed by atoms with Crippen LogP contribution in [0.3, 0.4) is 0 Å². The van der Waals surface area contributed by atoms with E-state index in [1.54, 1.807) is 23.1 Å². The van der Waals surface area contributed by atoms with Gasteiger partial charge in [0.1, 0.15) is 22.8 Å². The number of allylic oxidation sites excluding steroid dienone is 1. The first-order valence-corrected chi connectivity index (χ1v) is 13.6. The van der Waals surface area contributed by atoms with Crippen LogP contribution in [-0.2, 0) is 25.7 Å². The van der Waals surface area contributed by atoms with E-state index in [2.05, 4.69) is 15.5 Å². The number of carbonyl (C=O) groups is 4. The fourth-order valence-electron chi connectivity index (χ4n) is 4.58. The molecule has 2 fully saturated rings. The van der Waals surface area contributed by atoms with E-state index >= 15 is 0 Å². The molecule has 202 valence electrons. The van der Waals surface area contributed by atoms with Gasteiger partial charge in [0, 0.05) is 35.5 Å². The topological polar surface area (TPSA) is 205 Å². The number of hydrogen-bond acceptors (Lipinski definition) is 11. The smallest absolute Gasteiger partial charge is 0.352 e. The lowest BCUT2D eigenvalue weighted by atomic mass is 10.0. The molecule has 2 atom stereocenters. The zero-order valence-electron chi connectivity index (χ0n) is 20.2. The Morgan fingerprint density at radius 2 is 1.97 bits per heavy atom. The van der Waals surface area contributed by atoms with Crippen LogP contribution in [0.5, 0.6) is 0 Å². The van der Waals surface area contributed by atoms with E-state index in [1.165, 1.54) is 17.1 Å². The molecule has 0 bridgehead atoms. The lowest BCUT2D eigenvalue weighted by Crippen LogP contribution is -2.71. The number of carbonyl (C=O) groups excluding carboxylic acids is 3. The van der Waals surface area contributed by atoms with Crippen LogP contribution in [0.1, 0.15) is 17.7 Å². The monoisotopic (exact) mass is 569 g/mol. The first-order valence-electron chi connectivity index (χ1n) is 11.7. The zero-order chi connectivity index (χ0) is 27.8. The summed E-state index contributed by atoms with van der Waals surface area (Å²) in [6.45, 7) is 0.882. The molecule has 2 saturated heterocycles. The summed E-state index contributed by atoms with van der Waals surface area (Å²) in [6, 6.07) is 6.18. The number of β-lactam (4-membered cyclic amide) rings is 1. The molecular formula is C24H23N7O6S2. The van der Waals surface area contributed by atoms with Crippen LogP contribution >= 0.6 is 23.1 Å². The Bertz CT molecular complexity index is 1470. The van der Waals surface area contributed by atoms with E-state index in [0.717, 1.165) is 21.8 Å². The lowest BCUT2D eigenvalue weighted by molar-refractivity contribution is -0.150. The van der Waals surface area contributed by atoms with Crippen molar-refractivity contribution in [3.63, 3.8) is 0 Å². The largest absolute Gasteiger partial charge is 0.477 e. The van der Waals surface area contributed by atoms with Gasteiger partial charge in [0.25, 0.3) is 11.8 Å². The molecule has 0 unspecified atom stereocenters. The number of nitrogens with one attached hydrogen (secondary N) is 1. The summed E-state index contributed by atoms with van der Waals surface area (Å²) in [7, 11) is 0. The lowest BCUT2D eigenvalue weighted by Gasteiger charge is -2.49. The normalized spacial score (nSPS) is 22.3. The molecule has 39 heavy (non-hydrogen) atoms. The Labute approximate surface area is 229 Å². The fraction of sp³-hybridized carbons (Fsp3) is 0.250. The highest BCUT2D eigenvalue weighted by molar-refractivity contribution is 8.00. The van der Waals surface area contributed by atoms with Crippen molar-refractivity contribution >= 4 is 63.3 Å². The second-order valence-corrected chi connectivity index (χ2v) is 10.9. The van der Waals surface area contributed by atoms with Crippen LogP contribution in [0.4, 0.5) is 10.8 Å². The Morgan fingerprint density at radius 1 is 1.23 bits per heavy atom. The van der Waals surface area contributed by atoms with Crippen LogP contribution in [0.15, 0.2) is 57.7 Å². The number of fused-ring (bicyclic) bond motifs is 1. The minimum absolute atomic E-state index is 0.0455. The number of nitrogen functional groups attached to an aromatic ring is 2. The number of benzene rings is 1. The van der Waals surface area contributed by atoms with E-state index in [4.69, 9.17) is 11.5 Å². The number of carboxylic acids is 1. The van der Waals surface area contributed by atoms with Gasteiger partial charge in [0.05, 0.1) is 0 Å². The van der Waals surface area contributed by atoms with Crippen LogP contribution in [0, 0.1) is 0 Å². The molecule has 0 saturated carbocycles. The number of hydrogen-bond donors (Lipinski definition) is 5. The number of nitrogens with two attached hydrogens (primary N) is 2. The number of carboxylic acid groups (broad SMARTS) is 1. The van der Waals surface area contributed by atoms with Crippen molar-refractivity contribution in [2.45, 2.75) is 24.4 Å². The number of amides is 3. The molecule has 5 rings (SSSR count). The van der Waals surface area contributed by atoms with Crippen LogP contribution in [0.25, 0.3) is 0 Å². The van der Waals surface area contributed by atoms with Gasteiger partial charge in [0.15, 0.2) is 10.8 Å². The van der Waals surface area contributed by atoms with E-state index in [-0.39, 0.29) is 28.2 Å². The molecular weight excluding hydrogens is 546 g/mol. The molecule has 2 aromatic rings. The molecule has 0 aliphatic carbocycles. The van der Waals surface area contributed by atoms with E-state index in [9.17, 15) is 29.5 Å². The van der Waals surface area contributed by atoms with Crippen molar-refractivity contribution < 1.29 is 29.5 Å². The summed E-state index contributed by atoms with van der Waals surface area (Å²) in [5, 5.41) is 25.6. The van der Waals surface area contributed by atoms with E-state index < -0.39 is 34.9 Å². The summed E-state index contributed by atoms with van der Waals surface area (Å²) < 4.78 is 0. The highest BCUT2D eigenvalue weighted by atomic mass is 32.2. The number of oxime groups is 1. The molecule has 1 aromatic carbocycles. The minimum atomic E-state index is -1.31. The van der Waals surface area contributed by atoms with Crippen molar-refractivity contribution in [3.8, 4) is 0 Å². The van der Waals surface area contributed by atoms with Gasteiger partial charge in [-0.1, -0.05) is 17.3 Å². The van der Waals surface area contributed by atoms with Gasteiger partial charge in [-0.05, 0) is 35.8 Å². The number of nitrogens with zero attached hydrogens (tertiary/aromatic N) is 4. The molecule has 3 amide bonds. The molecule has 15 heteroatoms. The molecule has 0 radical (unpaired) electrons. The van der Waals surface area contributed by atoms with Gasteiger partial charge in [-0.25, -0.2) is 9.78 Å². The summed E-state index contributed by atoms with van der Waals surface area (Å²) in [4.78, 5) is 57.6. The van der Waals surface area contributed by atoms with Crippen LogP contribution in [0.2, 0.25) is 0 Å². The van der Waals surface area contributed by atoms with Crippen molar-refractivity contribution in [1.82, 2.24) is 20.1 Å². The number of thioether (sulfide) groups is 1. The standard InChI is InChI=1S/C24H23N7O6S2/c25-14-3-1-11(2-4-14)8-30-6-5-12(20(30)33)7-13-9-38-22-17(21(34)31(22)18(13)23(35)36)28-19(32)16(29-37)15-10-39-24(26)27-15/h1-4,7,10,17,22,37H,5-6,8-9,25H2,(H2,26,27)(H,28,32)(H,35,36)/b12-7+,29-16-/t17-,22-/m1/s1. The molecule has 3 aliphatic rings. The van der Waals surface area contributed by atoms with Gasteiger partial charge < -0.3 is 32.0 Å². The minimum Gasteiger partial charge on any atom is -0.477 e. The molecule has 1 aromatic heterocycles. The first kappa shape index (κ1) is 26.2. The van der Waals surface area contributed by atoms with E-state index in [0.29, 0.717) is 36.3 Å². The van der Waals surface area contributed by atoms with Crippen molar-refractivity contribution in [1.29, 1.82) is 0 Å². The maximum atomic E-state index is 13.0.